The highest BCUT2D eigenvalue weighted by molar-refractivity contribution is 6.53. The van der Waals surface area contributed by atoms with Gasteiger partial charge in [-0.3, -0.25) is 14.9 Å². The zero-order valence-electron chi connectivity index (χ0n) is 16.4. The smallest absolute Gasteiger partial charge is 0.401 e. The molecule has 1 aromatic carbocycles. The summed E-state index contributed by atoms with van der Waals surface area (Å²) in [6, 6.07) is 8.25. The predicted molar refractivity (Wildman–Crippen MR) is 100 cm³/mol. The summed E-state index contributed by atoms with van der Waals surface area (Å²) < 4.78 is 57.2. The average Bonchev–Trinajstić information content (AvgIpc) is 2.82. The van der Waals surface area contributed by atoms with Crippen molar-refractivity contribution in [2.75, 3.05) is 0 Å². The molecule has 1 atom stereocenters. The first-order valence-corrected chi connectivity index (χ1v) is 9.01. The van der Waals surface area contributed by atoms with Crippen LogP contribution in [0.15, 0.2) is 48.2 Å². The summed E-state index contributed by atoms with van der Waals surface area (Å²) >= 11 is 0. The van der Waals surface area contributed by atoms with E-state index in [9.17, 15) is 23.3 Å². The minimum Gasteiger partial charge on any atom is -0.401 e. The van der Waals surface area contributed by atoms with Crippen molar-refractivity contribution >= 4 is 12.7 Å². The number of hydrogen-bond acceptors (Lipinski definition) is 5. The zero-order valence-corrected chi connectivity index (χ0v) is 16.4. The predicted octanol–water partition coefficient (Wildman–Crippen LogP) is 4.54. The Labute approximate surface area is 166 Å². The second kappa shape index (κ2) is 6.96. The molecule has 2 aliphatic rings. The van der Waals surface area contributed by atoms with Crippen molar-refractivity contribution in [1.29, 1.82) is 0 Å². The topological polar surface area (TPSA) is 70.8 Å². The van der Waals surface area contributed by atoms with Gasteiger partial charge in [-0.25, -0.2) is 0 Å². The number of nitro groups is 1. The Kier molecular flexibility index (Phi) is 5.17. The summed E-state index contributed by atoms with van der Waals surface area (Å²) in [5, 5.41) is 11.4. The number of halogens is 3. The van der Waals surface area contributed by atoms with Crippen molar-refractivity contribution in [1.82, 2.24) is 0 Å². The lowest BCUT2D eigenvalue weighted by molar-refractivity contribution is -0.433. The maximum absolute atomic E-state index is 13.6. The van der Waals surface area contributed by atoms with E-state index in [0.717, 1.165) is 0 Å². The molecule has 1 saturated heterocycles. The highest BCUT2D eigenvalue weighted by atomic mass is 19.4. The summed E-state index contributed by atoms with van der Waals surface area (Å²) in [7, 11) is -1.52. The number of allylic oxidation sites excluding steroid dienone is 2. The molecule has 0 spiro atoms. The number of ether oxygens (including phenoxy) is 1. The number of nitrogens with zero attached hydrogens (tertiary/aromatic N) is 1. The molecule has 0 bridgehead atoms. The van der Waals surface area contributed by atoms with Gasteiger partial charge >= 0.3 is 13.5 Å². The number of alkyl halides is 3. The van der Waals surface area contributed by atoms with E-state index in [1.54, 1.807) is 58.0 Å². The van der Waals surface area contributed by atoms with Gasteiger partial charge in [0.2, 0.25) is 5.70 Å². The maximum Gasteiger partial charge on any atom is 0.522 e. The zero-order chi connectivity index (χ0) is 21.7. The highest BCUT2D eigenvalue weighted by Gasteiger charge is 2.66. The van der Waals surface area contributed by atoms with E-state index < -0.39 is 47.2 Å². The summed E-state index contributed by atoms with van der Waals surface area (Å²) in [4.78, 5) is 10.7. The molecular weight excluding hydrogens is 390 g/mol. The first-order chi connectivity index (χ1) is 13.3. The molecule has 0 aromatic heterocycles. The molecule has 0 N–H and O–H groups in total. The van der Waals surface area contributed by atoms with Gasteiger partial charge in [-0.1, -0.05) is 30.3 Å². The van der Waals surface area contributed by atoms with Gasteiger partial charge < -0.3 is 9.31 Å². The van der Waals surface area contributed by atoms with E-state index in [2.05, 4.69) is 4.74 Å². The summed E-state index contributed by atoms with van der Waals surface area (Å²) in [5.74, 6) is 0. The van der Waals surface area contributed by atoms with Crippen LogP contribution in [0.1, 0.15) is 39.7 Å². The van der Waals surface area contributed by atoms with Gasteiger partial charge in [0.25, 0.3) is 0 Å². The van der Waals surface area contributed by atoms with E-state index >= 15 is 0 Å². The van der Waals surface area contributed by atoms with E-state index in [0.29, 0.717) is 5.56 Å². The highest BCUT2D eigenvalue weighted by Crippen LogP contribution is 2.50. The second-order valence-electron chi connectivity index (χ2n) is 8.06. The number of hydrogen-bond donors (Lipinski definition) is 0. The third-order valence-electron chi connectivity index (χ3n) is 5.59. The molecule has 29 heavy (non-hydrogen) atoms. The van der Waals surface area contributed by atoms with Crippen LogP contribution in [0.25, 0.3) is 5.57 Å². The maximum atomic E-state index is 13.6. The van der Waals surface area contributed by atoms with E-state index in [1.807, 2.05) is 0 Å². The lowest BCUT2D eigenvalue weighted by Gasteiger charge is -2.38. The molecule has 1 unspecified atom stereocenters. The van der Waals surface area contributed by atoms with Gasteiger partial charge in [0.05, 0.1) is 22.5 Å². The van der Waals surface area contributed by atoms with Crippen molar-refractivity contribution < 1.29 is 32.1 Å². The van der Waals surface area contributed by atoms with Crippen molar-refractivity contribution in [3.8, 4) is 0 Å². The molecule has 3 rings (SSSR count). The molecular formula is C19H21BF3NO5. The quantitative estimate of drug-likeness (QED) is 0.413. The van der Waals surface area contributed by atoms with Crippen LogP contribution < -0.4 is 0 Å². The molecule has 1 aliphatic carbocycles. The molecule has 10 heteroatoms. The van der Waals surface area contributed by atoms with Gasteiger partial charge in [-0.05, 0) is 44.9 Å². The third kappa shape index (κ3) is 3.97. The molecule has 1 aliphatic heterocycles. The molecule has 1 fully saturated rings. The monoisotopic (exact) mass is 411 g/mol. The molecule has 6 nitrogen and oxygen atoms in total. The van der Waals surface area contributed by atoms with Crippen LogP contribution in [0, 0.1) is 10.1 Å². The fourth-order valence-electron chi connectivity index (χ4n) is 3.42. The van der Waals surface area contributed by atoms with Crippen LogP contribution >= 0.6 is 0 Å². The van der Waals surface area contributed by atoms with Crippen LogP contribution in [0.4, 0.5) is 13.2 Å². The molecule has 1 heterocycles. The van der Waals surface area contributed by atoms with Gasteiger partial charge in [0.1, 0.15) is 5.50 Å². The Hall–Kier alpha value is -2.17. The average molecular weight is 411 g/mol. The summed E-state index contributed by atoms with van der Waals surface area (Å²) in [6.45, 7) is 6.75. The minimum absolute atomic E-state index is 0.0968. The lowest BCUT2D eigenvalue weighted by atomic mass is 9.57. The first kappa shape index (κ1) is 21.5. The molecule has 156 valence electrons. The van der Waals surface area contributed by atoms with Crippen LogP contribution in [-0.4, -0.2) is 35.1 Å². The van der Waals surface area contributed by atoms with Gasteiger partial charge in [0, 0.05) is 6.08 Å². The van der Waals surface area contributed by atoms with Gasteiger partial charge in [-0.2, -0.15) is 0 Å². The Morgan fingerprint density at radius 2 is 1.62 bits per heavy atom. The van der Waals surface area contributed by atoms with Crippen molar-refractivity contribution in [3.05, 3.63) is 63.9 Å². The van der Waals surface area contributed by atoms with E-state index in [-0.39, 0.29) is 5.57 Å². The van der Waals surface area contributed by atoms with Crippen molar-refractivity contribution in [2.45, 2.75) is 57.2 Å². The molecule has 0 radical (unpaired) electrons. The van der Waals surface area contributed by atoms with E-state index in [4.69, 9.17) is 9.31 Å². The standard InChI is InChI=1S/C19H21BF3NO5/c1-16(2)17(3,4)29-20(28-16)18(27-19(21,22)23)12-14(24(25)26)10-11-15(18)13-8-6-5-7-9-13/h5-11H,12H2,1-4H3. The minimum atomic E-state index is -5.09. The van der Waals surface area contributed by atoms with Crippen molar-refractivity contribution in [3.63, 3.8) is 0 Å². The molecule has 1 aromatic rings. The molecule has 0 amide bonds. The fraction of sp³-hybridized carbons (Fsp3) is 0.474. The van der Waals surface area contributed by atoms with Gasteiger partial charge in [-0.15, -0.1) is 13.2 Å². The van der Waals surface area contributed by atoms with Crippen molar-refractivity contribution in [2.24, 2.45) is 0 Å². The second-order valence-corrected chi connectivity index (χ2v) is 8.06. The normalized spacial score (nSPS) is 26.1. The third-order valence-corrected chi connectivity index (χ3v) is 5.59. The fourth-order valence-corrected chi connectivity index (χ4v) is 3.42. The Morgan fingerprint density at radius 1 is 1.07 bits per heavy atom. The van der Waals surface area contributed by atoms with Crippen LogP contribution in [0.2, 0.25) is 0 Å². The SMILES string of the molecule is CC1(C)OB(C2(OC(F)(F)F)CC([N+](=O)[O-])=CC=C2c2ccccc2)OC1(C)C. The lowest BCUT2D eigenvalue weighted by Crippen LogP contribution is -2.55. The summed E-state index contributed by atoms with van der Waals surface area (Å²) in [6.07, 6.45) is -3.30. The Balaban J connectivity index is 2.21. The van der Waals surface area contributed by atoms with Crippen LogP contribution in [-0.2, 0) is 14.0 Å². The van der Waals surface area contributed by atoms with Crippen LogP contribution in [0.5, 0.6) is 0 Å². The largest absolute Gasteiger partial charge is 0.522 e. The van der Waals surface area contributed by atoms with Gasteiger partial charge in [0.15, 0.2) is 0 Å². The Bertz CT molecular complexity index is 850. The van der Waals surface area contributed by atoms with Crippen LogP contribution in [0.3, 0.4) is 0 Å². The summed E-state index contributed by atoms with van der Waals surface area (Å²) in [5.41, 5.74) is -4.12. The number of rotatable bonds is 4. The first-order valence-electron chi connectivity index (χ1n) is 9.01. The molecule has 0 saturated carbocycles. The number of benzene rings is 1. The Morgan fingerprint density at radius 3 is 2.10 bits per heavy atom. The van der Waals surface area contributed by atoms with E-state index in [1.165, 1.54) is 12.2 Å².